The molecule has 0 aliphatic rings. The van der Waals surface area contributed by atoms with Gasteiger partial charge in [0.1, 0.15) is 0 Å². The maximum atomic E-state index is 11.5. The lowest BCUT2D eigenvalue weighted by atomic mass is 9.94. The number of amides is 1. The van der Waals surface area contributed by atoms with Crippen molar-refractivity contribution in [2.75, 3.05) is 0 Å². The van der Waals surface area contributed by atoms with Crippen LogP contribution in [-0.2, 0) is 19.1 Å². The number of carbonyl (C=O) groups is 3. The first-order valence-electron chi connectivity index (χ1n) is 6.26. The quantitative estimate of drug-likeness (QED) is 0.316. The normalized spacial score (nSPS) is 15.3. The number of aliphatic carboxylic acids is 1. The number of hydrogen-bond donors (Lipinski definition) is 3. The zero-order valence-corrected chi connectivity index (χ0v) is 11.3. The van der Waals surface area contributed by atoms with Crippen LogP contribution in [0.25, 0.3) is 0 Å². The zero-order valence-electron chi connectivity index (χ0n) is 11.3. The average Bonchev–Trinajstić information content (AvgIpc) is 2.27. The zero-order chi connectivity index (χ0) is 15.1. The Kier molecular flexibility index (Phi) is 7.06. The van der Waals surface area contributed by atoms with Crippen molar-refractivity contribution >= 4 is 17.8 Å². The number of carboxylic acids is 1. The standard InChI is InChI=1S/C12H22N2O5/c1-3-4-5-6-10(16)19-12(14,11(17)18)8(2)7-9(13)15/h8H,3-7,14H2,1-2H3,(H2,13,15)(H,17,18)/t8?,12-/m1/s1. The van der Waals surface area contributed by atoms with Gasteiger partial charge in [-0.05, 0) is 6.42 Å². The van der Waals surface area contributed by atoms with Crippen LogP contribution < -0.4 is 11.5 Å². The highest BCUT2D eigenvalue weighted by atomic mass is 16.6. The van der Waals surface area contributed by atoms with Gasteiger partial charge in [-0.2, -0.15) is 0 Å². The van der Waals surface area contributed by atoms with Gasteiger partial charge in [-0.25, -0.2) is 4.79 Å². The molecule has 0 saturated carbocycles. The van der Waals surface area contributed by atoms with E-state index in [-0.39, 0.29) is 12.8 Å². The monoisotopic (exact) mass is 274 g/mol. The minimum Gasteiger partial charge on any atom is -0.477 e. The number of unbranched alkanes of at least 4 members (excludes halogenated alkanes) is 2. The molecule has 0 aromatic rings. The van der Waals surface area contributed by atoms with Gasteiger partial charge in [0.15, 0.2) is 0 Å². The molecule has 110 valence electrons. The Labute approximate surface area is 112 Å². The van der Waals surface area contributed by atoms with Crippen LogP contribution in [0, 0.1) is 5.92 Å². The van der Waals surface area contributed by atoms with Crippen LogP contribution in [0.3, 0.4) is 0 Å². The van der Waals surface area contributed by atoms with Gasteiger partial charge in [-0.15, -0.1) is 0 Å². The molecule has 0 spiro atoms. The van der Waals surface area contributed by atoms with Crippen LogP contribution in [0.2, 0.25) is 0 Å². The molecule has 7 heteroatoms. The van der Waals surface area contributed by atoms with Crippen molar-refractivity contribution in [1.29, 1.82) is 0 Å². The van der Waals surface area contributed by atoms with Crippen LogP contribution in [0.5, 0.6) is 0 Å². The molecule has 19 heavy (non-hydrogen) atoms. The molecule has 0 aliphatic carbocycles. The van der Waals surface area contributed by atoms with E-state index >= 15 is 0 Å². The first-order chi connectivity index (χ1) is 8.74. The Morgan fingerprint density at radius 1 is 1.32 bits per heavy atom. The van der Waals surface area contributed by atoms with Gasteiger partial charge in [-0.3, -0.25) is 15.3 Å². The summed E-state index contributed by atoms with van der Waals surface area (Å²) in [5.74, 6) is -3.79. The molecule has 0 saturated heterocycles. The van der Waals surface area contributed by atoms with Crippen LogP contribution in [0.1, 0.15) is 46.0 Å². The second kappa shape index (κ2) is 7.73. The number of hydrogen-bond acceptors (Lipinski definition) is 5. The lowest BCUT2D eigenvalue weighted by Crippen LogP contribution is -2.57. The topological polar surface area (TPSA) is 133 Å². The second-order valence-electron chi connectivity index (χ2n) is 4.60. The van der Waals surface area contributed by atoms with Gasteiger partial charge in [0.2, 0.25) is 5.91 Å². The van der Waals surface area contributed by atoms with Gasteiger partial charge in [0.25, 0.3) is 5.72 Å². The van der Waals surface area contributed by atoms with Crippen LogP contribution in [0.4, 0.5) is 0 Å². The minimum absolute atomic E-state index is 0.101. The first kappa shape index (κ1) is 17.4. The van der Waals surface area contributed by atoms with Crippen molar-refractivity contribution < 1.29 is 24.2 Å². The maximum Gasteiger partial charge on any atom is 0.364 e. The smallest absolute Gasteiger partial charge is 0.364 e. The Balaban J connectivity index is 4.66. The molecule has 0 aliphatic heterocycles. The van der Waals surface area contributed by atoms with E-state index < -0.39 is 29.5 Å². The van der Waals surface area contributed by atoms with Gasteiger partial charge in [-0.1, -0.05) is 26.7 Å². The third-order valence-electron chi connectivity index (χ3n) is 2.84. The van der Waals surface area contributed by atoms with E-state index in [1.54, 1.807) is 0 Å². The molecular formula is C12H22N2O5. The SMILES string of the molecule is CCCCCC(=O)O[C@@](N)(C(=O)O)C(C)CC(N)=O. The molecular weight excluding hydrogens is 252 g/mol. The van der Waals surface area contributed by atoms with E-state index in [0.717, 1.165) is 12.8 Å². The summed E-state index contributed by atoms with van der Waals surface area (Å²) in [7, 11) is 0. The summed E-state index contributed by atoms with van der Waals surface area (Å²) in [5, 5.41) is 9.08. The summed E-state index contributed by atoms with van der Waals surface area (Å²) in [5.41, 5.74) is 8.35. The largest absolute Gasteiger partial charge is 0.477 e. The molecule has 0 radical (unpaired) electrons. The van der Waals surface area contributed by atoms with E-state index in [0.29, 0.717) is 6.42 Å². The highest BCUT2D eigenvalue weighted by Gasteiger charge is 2.44. The van der Waals surface area contributed by atoms with E-state index in [4.69, 9.17) is 21.3 Å². The van der Waals surface area contributed by atoms with Gasteiger partial charge in [0, 0.05) is 18.8 Å². The maximum absolute atomic E-state index is 11.5. The number of carboxylic acid groups (broad SMARTS) is 1. The van der Waals surface area contributed by atoms with Crippen molar-refractivity contribution in [3.05, 3.63) is 0 Å². The average molecular weight is 274 g/mol. The number of ether oxygens (including phenoxy) is 1. The minimum atomic E-state index is -2.22. The third kappa shape index (κ3) is 5.69. The van der Waals surface area contributed by atoms with E-state index in [9.17, 15) is 14.4 Å². The first-order valence-corrected chi connectivity index (χ1v) is 6.26. The molecule has 1 unspecified atom stereocenters. The fourth-order valence-corrected chi connectivity index (χ4v) is 1.57. The molecule has 2 atom stereocenters. The van der Waals surface area contributed by atoms with Gasteiger partial charge < -0.3 is 15.6 Å². The fourth-order valence-electron chi connectivity index (χ4n) is 1.57. The summed E-state index contributed by atoms with van der Waals surface area (Å²) in [6.07, 6.45) is 2.21. The Hall–Kier alpha value is -1.63. The van der Waals surface area contributed by atoms with Crippen molar-refractivity contribution in [3.63, 3.8) is 0 Å². The van der Waals surface area contributed by atoms with Crippen molar-refractivity contribution in [2.24, 2.45) is 17.4 Å². The summed E-state index contributed by atoms with van der Waals surface area (Å²) in [6, 6.07) is 0. The van der Waals surface area contributed by atoms with E-state index in [1.165, 1.54) is 6.92 Å². The van der Waals surface area contributed by atoms with E-state index in [1.807, 2.05) is 6.92 Å². The molecule has 1 amide bonds. The highest BCUT2D eigenvalue weighted by Crippen LogP contribution is 2.21. The lowest BCUT2D eigenvalue weighted by Gasteiger charge is -2.30. The molecule has 0 heterocycles. The third-order valence-corrected chi connectivity index (χ3v) is 2.84. The summed E-state index contributed by atoms with van der Waals surface area (Å²) >= 11 is 0. The molecule has 0 bridgehead atoms. The second-order valence-corrected chi connectivity index (χ2v) is 4.60. The number of rotatable bonds is 9. The molecule has 0 aromatic carbocycles. The summed E-state index contributed by atoms with van der Waals surface area (Å²) in [4.78, 5) is 33.5. The van der Waals surface area contributed by atoms with Crippen LogP contribution in [-0.4, -0.2) is 28.7 Å². The Morgan fingerprint density at radius 2 is 1.89 bits per heavy atom. The summed E-state index contributed by atoms with van der Waals surface area (Å²) < 4.78 is 4.84. The van der Waals surface area contributed by atoms with Gasteiger partial charge in [0.05, 0.1) is 0 Å². The van der Waals surface area contributed by atoms with Crippen LogP contribution in [0.15, 0.2) is 0 Å². The number of esters is 1. The highest BCUT2D eigenvalue weighted by molar-refractivity contribution is 5.83. The van der Waals surface area contributed by atoms with Crippen molar-refractivity contribution in [2.45, 2.75) is 51.7 Å². The molecule has 0 rings (SSSR count). The number of carbonyl (C=O) groups excluding carboxylic acids is 2. The van der Waals surface area contributed by atoms with Gasteiger partial charge >= 0.3 is 11.9 Å². The lowest BCUT2D eigenvalue weighted by molar-refractivity contribution is -0.185. The number of primary amides is 1. The van der Waals surface area contributed by atoms with E-state index in [2.05, 4.69) is 0 Å². The number of nitrogens with two attached hydrogens (primary N) is 2. The molecule has 0 fully saturated rings. The summed E-state index contributed by atoms with van der Waals surface area (Å²) in [6.45, 7) is 3.38. The van der Waals surface area contributed by atoms with Crippen LogP contribution >= 0.6 is 0 Å². The Morgan fingerprint density at radius 3 is 2.32 bits per heavy atom. The fraction of sp³-hybridized carbons (Fsp3) is 0.750. The Bertz CT molecular complexity index is 345. The predicted molar refractivity (Wildman–Crippen MR) is 67.8 cm³/mol. The molecule has 0 aromatic heterocycles. The predicted octanol–water partition coefficient (Wildman–Crippen LogP) is 0.361. The van der Waals surface area contributed by atoms with Crippen molar-refractivity contribution in [3.8, 4) is 0 Å². The molecule has 5 N–H and O–H groups in total. The molecule has 7 nitrogen and oxygen atoms in total. The van der Waals surface area contributed by atoms with Crippen molar-refractivity contribution in [1.82, 2.24) is 0 Å².